The minimum atomic E-state index is -0.837. The Morgan fingerprint density at radius 3 is 2.76 bits per heavy atom. The lowest BCUT2D eigenvalue weighted by molar-refractivity contribution is -0.386. The van der Waals surface area contributed by atoms with Crippen molar-refractivity contribution in [1.29, 1.82) is 0 Å². The number of hydrogen-bond donors (Lipinski definition) is 2. The highest BCUT2D eigenvalue weighted by Crippen LogP contribution is 2.32. The molecule has 0 amide bonds. The summed E-state index contributed by atoms with van der Waals surface area (Å²) in [6, 6.07) is 9.84. The van der Waals surface area contributed by atoms with Gasteiger partial charge in [-0.15, -0.1) is 0 Å². The highest BCUT2D eigenvalue weighted by Gasteiger charge is 2.21. The number of para-hydroxylation sites is 1. The van der Waals surface area contributed by atoms with Gasteiger partial charge in [-0.3, -0.25) is 10.1 Å². The number of fused-ring (bicyclic) bond motifs is 1. The van der Waals surface area contributed by atoms with Crippen LogP contribution in [-0.4, -0.2) is 11.5 Å². The van der Waals surface area contributed by atoms with Gasteiger partial charge in [0.1, 0.15) is 5.69 Å². The molecule has 0 bridgehead atoms. The average Bonchev–Trinajstić information content (AvgIpc) is 2.47. The molecule has 0 saturated carbocycles. The lowest BCUT2D eigenvalue weighted by atomic mass is 9.99. The van der Waals surface area contributed by atoms with Crippen molar-refractivity contribution >= 4 is 17.1 Å². The third-order valence-corrected chi connectivity index (χ3v) is 3.58. The summed E-state index contributed by atoms with van der Waals surface area (Å²) in [4.78, 5) is 10.3. The summed E-state index contributed by atoms with van der Waals surface area (Å²) in [5.41, 5.74) is 2.72. The number of nitro groups is 1. The van der Waals surface area contributed by atoms with Crippen molar-refractivity contribution in [3.8, 4) is 0 Å². The van der Waals surface area contributed by atoms with Crippen molar-refractivity contribution < 1.29 is 9.31 Å². The second kappa shape index (κ2) is 5.49. The van der Waals surface area contributed by atoms with Gasteiger partial charge in [0.05, 0.1) is 4.92 Å². The van der Waals surface area contributed by atoms with Gasteiger partial charge in [0, 0.05) is 12.2 Å². The first kappa shape index (κ1) is 13.5. The van der Waals surface area contributed by atoms with Gasteiger partial charge < -0.3 is 10.6 Å². The van der Waals surface area contributed by atoms with Crippen LogP contribution in [0.4, 0.5) is 21.5 Å². The van der Waals surface area contributed by atoms with Crippen molar-refractivity contribution in [1.82, 2.24) is 5.32 Å². The van der Waals surface area contributed by atoms with E-state index in [0.29, 0.717) is 0 Å². The Morgan fingerprint density at radius 1 is 1.19 bits per heavy atom. The molecule has 3 rings (SSSR count). The summed E-state index contributed by atoms with van der Waals surface area (Å²) in [7, 11) is 0. The molecule has 2 N–H and O–H groups in total. The van der Waals surface area contributed by atoms with Gasteiger partial charge in [-0.05, 0) is 42.3 Å². The summed E-state index contributed by atoms with van der Waals surface area (Å²) < 4.78 is 13.7. The molecule has 108 valence electrons. The summed E-state index contributed by atoms with van der Waals surface area (Å²) in [6.07, 6.45) is 0.835. The molecule has 5 nitrogen and oxygen atoms in total. The number of nitrogens with zero attached hydrogens (tertiary/aromatic N) is 1. The molecule has 0 saturated heterocycles. The largest absolute Gasteiger partial charge is 0.350 e. The third kappa shape index (κ3) is 2.57. The smallest absolute Gasteiger partial charge is 0.327 e. The highest BCUT2D eigenvalue weighted by molar-refractivity contribution is 5.72. The Balaban J connectivity index is 2.02. The quantitative estimate of drug-likeness (QED) is 0.672. The summed E-state index contributed by atoms with van der Waals surface area (Å²) in [6.45, 7) is 1.63. The van der Waals surface area contributed by atoms with E-state index >= 15 is 0 Å². The fraction of sp³-hybridized carbons (Fsp3) is 0.200. The fourth-order valence-corrected chi connectivity index (χ4v) is 2.60. The Kier molecular flexibility index (Phi) is 3.53. The molecule has 1 aliphatic heterocycles. The third-order valence-electron chi connectivity index (χ3n) is 3.58. The van der Waals surface area contributed by atoms with Gasteiger partial charge in [-0.2, -0.15) is 4.39 Å². The fourth-order valence-electron chi connectivity index (χ4n) is 2.60. The number of nitro benzene ring substituents is 1. The second-order valence-electron chi connectivity index (χ2n) is 4.89. The van der Waals surface area contributed by atoms with Crippen molar-refractivity contribution in [2.75, 3.05) is 11.9 Å². The number of hydrogen-bond acceptors (Lipinski definition) is 4. The maximum absolute atomic E-state index is 13.7. The Morgan fingerprint density at radius 2 is 1.95 bits per heavy atom. The maximum atomic E-state index is 13.7. The van der Waals surface area contributed by atoms with Gasteiger partial charge in [0.15, 0.2) is 0 Å². The van der Waals surface area contributed by atoms with Crippen LogP contribution in [0.1, 0.15) is 11.1 Å². The van der Waals surface area contributed by atoms with Gasteiger partial charge in [0.2, 0.25) is 5.82 Å². The van der Waals surface area contributed by atoms with Crippen LogP contribution in [0.15, 0.2) is 36.4 Å². The predicted molar refractivity (Wildman–Crippen MR) is 78.2 cm³/mol. The zero-order valence-corrected chi connectivity index (χ0v) is 11.2. The Hall–Kier alpha value is -2.47. The monoisotopic (exact) mass is 287 g/mol. The molecule has 21 heavy (non-hydrogen) atoms. The molecule has 0 spiro atoms. The molecule has 0 unspecified atom stereocenters. The normalized spacial score (nSPS) is 13.6. The van der Waals surface area contributed by atoms with Crippen molar-refractivity contribution in [2.45, 2.75) is 13.0 Å². The molecule has 1 heterocycles. The zero-order chi connectivity index (χ0) is 14.8. The van der Waals surface area contributed by atoms with Gasteiger partial charge in [-0.25, -0.2) is 0 Å². The Bertz CT molecular complexity index is 703. The van der Waals surface area contributed by atoms with E-state index in [2.05, 4.69) is 10.6 Å². The molecule has 0 atom stereocenters. The van der Waals surface area contributed by atoms with E-state index in [4.69, 9.17) is 0 Å². The SMILES string of the molecule is O=[N+]([O-])c1c(F)cccc1Nc1cccc2c1CCNC2. The van der Waals surface area contributed by atoms with Crippen molar-refractivity contribution in [3.05, 3.63) is 63.5 Å². The standard InChI is InChI=1S/C15H14FN3O2/c16-12-4-2-6-14(15(12)19(20)21)18-13-5-1-3-10-9-17-8-7-11(10)13/h1-6,17-18H,7-9H2. The zero-order valence-electron chi connectivity index (χ0n) is 11.2. The van der Waals surface area contributed by atoms with Gasteiger partial charge >= 0.3 is 5.69 Å². The van der Waals surface area contributed by atoms with Crippen LogP contribution < -0.4 is 10.6 Å². The van der Waals surface area contributed by atoms with E-state index in [0.717, 1.165) is 42.4 Å². The topological polar surface area (TPSA) is 67.2 Å². The average molecular weight is 287 g/mol. The lowest BCUT2D eigenvalue weighted by Gasteiger charge is -2.21. The molecule has 0 radical (unpaired) electrons. The summed E-state index contributed by atoms with van der Waals surface area (Å²) >= 11 is 0. The van der Waals surface area contributed by atoms with Crippen LogP contribution in [0.2, 0.25) is 0 Å². The lowest BCUT2D eigenvalue weighted by Crippen LogP contribution is -2.24. The number of rotatable bonds is 3. The van der Waals surface area contributed by atoms with E-state index in [9.17, 15) is 14.5 Å². The maximum Gasteiger partial charge on any atom is 0.327 e. The van der Waals surface area contributed by atoms with Crippen LogP contribution in [0, 0.1) is 15.9 Å². The Labute approximate surface area is 120 Å². The first-order valence-corrected chi connectivity index (χ1v) is 6.68. The van der Waals surface area contributed by atoms with Crippen LogP contribution >= 0.6 is 0 Å². The van der Waals surface area contributed by atoms with Crippen LogP contribution in [0.5, 0.6) is 0 Å². The highest BCUT2D eigenvalue weighted by atomic mass is 19.1. The van der Waals surface area contributed by atoms with E-state index in [1.54, 1.807) is 0 Å². The van der Waals surface area contributed by atoms with Gasteiger partial charge in [0.25, 0.3) is 0 Å². The minimum absolute atomic E-state index is 0.173. The van der Waals surface area contributed by atoms with E-state index < -0.39 is 16.4 Å². The van der Waals surface area contributed by atoms with E-state index in [1.165, 1.54) is 12.1 Å². The minimum Gasteiger partial charge on any atom is -0.350 e. The first-order valence-electron chi connectivity index (χ1n) is 6.68. The molecular formula is C15H14FN3O2. The van der Waals surface area contributed by atoms with E-state index in [-0.39, 0.29) is 5.69 Å². The summed E-state index contributed by atoms with van der Waals surface area (Å²) in [5.74, 6) is -0.837. The molecule has 2 aromatic rings. The number of anilines is 2. The molecule has 1 aliphatic rings. The van der Waals surface area contributed by atoms with Gasteiger partial charge in [-0.1, -0.05) is 18.2 Å². The number of nitrogens with one attached hydrogen (secondary N) is 2. The molecule has 2 aromatic carbocycles. The summed E-state index contributed by atoms with van der Waals surface area (Å²) in [5, 5.41) is 17.3. The van der Waals surface area contributed by atoms with Crippen molar-refractivity contribution in [3.63, 3.8) is 0 Å². The van der Waals surface area contributed by atoms with Crippen LogP contribution in [0.3, 0.4) is 0 Å². The molecule has 0 aliphatic carbocycles. The van der Waals surface area contributed by atoms with E-state index in [1.807, 2.05) is 18.2 Å². The molecule has 0 fully saturated rings. The molecular weight excluding hydrogens is 273 g/mol. The van der Waals surface area contributed by atoms with Crippen molar-refractivity contribution in [2.24, 2.45) is 0 Å². The van der Waals surface area contributed by atoms with Crippen LogP contribution in [0.25, 0.3) is 0 Å². The second-order valence-corrected chi connectivity index (χ2v) is 4.89. The number of halogens is 1. The van der Waals surface area contributed by atoms with Crippen LogP contribution in [-0.2, 0) is 13.0 Å². The number of benzene rings is 2. The first-order chi connectivity index (χ1) is 10.2. The predicted octanol–water partition coefficient (Wildman–Crippen LogP) is 3.12. The molecule has 6 heteroatoms. The molecule has 0 aromatic heterocycles.